The summed E-state index contributed by atoms with van der Waals surface area (Å²) in [5.41, 5.74) is 1.94. The maximum atomic E-state index is 12.2. The van der Waals surface area contributed by atoms with Crippen LogP contribution in [0.2, 0.25) is 0 Å². The van der Waals surface area contributed by atoms with Crippen molar-refractivity contribution < 1.29 is 27.2 Å². The molecule has 0 saturated carbocycles. The van der Waals surface area contributed by atoms with Crippen LogP contribution in [0.1, 0.15) is 21.7 Å². The SMILES string of the molecule is O=C(NCC(F)(F)F)c1occc1CN1C(=O)Cc2ccccc21. The van der Waals surface area contributed by atoms with Crippen molar-refractivity contribution in [3.05, 3.63) is 53.5 Å². The molecule has 2 amide bonds. The molecule has 1 aromatic carbocycles. The number of rotatable bonds is 4. The van der Waals surface area contributed by atoms with Gasteiger partial charge in [0.2, 0.25) is 5.91 Å². The van der Waals surface area contributed by atoms with Crippen LogP contribution < -0.4 is 10.2 Å². The number of furan rings is 1. The predicted octanol–water partition coefficient (Wildman–Crippen LogP) is 2.66. The van der Waals surface area contributed by atoms with E-state index < -0.39 is 18.6 Å². The minimum absolute atomic E-state index is 0.0567. The molecule has 2 aromatic rings. The molecule has 1 aromatic heterocycles. The third-order valence-electron chi connectivity index (χ3n) is 3.66. The van der Waals surface area contributed by atoms with Crippen LogP contribution in [0.5, 0.6) is 0 Å². The second kappa shape index (κ2) is 6.03. The number of anilines is 1. The Morgan fingerprint density at radius 1 is 1.25 bits per heavy atom. The van der Waals surface area contributed by atoms with Crippen LogP contribution >= 0.6 is 0 Å². The smallest absolute Gasteiger partial charge is 0.405 e. The Balaban J connectivity index is 1.77. The second-order valence-corrected chi connectivity index (χ2v) is 5.36. The highest BCUT2D eigenvalue weighted by atomic mass is 19.4. The molecule has 0 saturated heterocycles. The topological polar surface area (TPSA) is 62.6 Å². The van der Waals surface area contributed by atoms with E-state index >= 15 is 0 Å². The fourth-order valence-electron chi connectivity index (χ4n) is 2.58. The summed E-state index contributed by atoms with van der Waals surface area (Å²) in [6, 6.07) is 8.69. The van der Waals surface area contributed by atoms with E-state index in [1.807, 2.05) is 12.1 Å². The van der Waals surface area contributed by atoms with Gasteiger partial charge < -0.3 is 14.6 Å². The first-order chi connectivity index (χ1) is 11.3. The van der Waals surface area contributed by atoms with Crippen molar-refractivity contribution in [2.24, 2.45) is 0 Å². The number of fused-ring (bicyclic) bond motifs is 1. The average molecular weight is 338 g/mol. The number of benzene rings is 1. The molecule has 126 valence electrons. The maximum absolute atomic E-state index is 12.2. The first-order valence-electron chi connectivity index (χ1n) is 7.15. The van der Waals surface area contributed by atoms with Gasteiger partial charge >= 0.3 is 6.18 Å². The summed E-state index contributed by atoms with van der Waals surface area (Å²) in [4.78, 5) is 25.5. The van der Waals surface area contributed by atoms with Crippen molar-refractivity contribution in [3.63, 3.8) is 0 Å². The van der Waals surface area contributed by atoms with Crippen molar-refractivity contribution in [3.8, 4) is 0 Å². The number of halogens is 3. The summed E-state index contributed by atoms with van der Waals surface area (Å²) in [6.45, 7) is -1.39. The minimum Gasteiger partial charge on any atom is -0.459 e. The van der Waals surface area contributed by atoms with Gasteiger partial charge in [-0.05, 0) is 17.7 Å². The molecule has 24 heavy (non-hydrogen) atoms. The van der Waals surface area contributed by atoms with Gasteiger partial charge in [-0.15, -0.1) is 0 Å². The molecule has 1 N–H and O–H groups in total. The number of amides is 2. The van der Waals surface area contributed by atoms with Gasteiger partial charge in [-0.2, -0.15) is 13.2 Å². The number of para-hydroxylation sites is 1. The van der Waals surface area contributed by atoms with Gasteiger partial charge in [-0.1, -0.05) is 18.2 Å². The van der Waals surface area contributed by atoms with E-state index in [1.54, 1.807) is 17.4 Å². The van der Waals surface area contributed by atoms with Crippen molar-refractivity contribution in [1.82, 2.24) is 5.32 Å². The molecule has 3 rings (SSSR count). The van der Waals surface area contributed by atoms with E-state index in [0.717, 1.165) is 11.3 Å². The van der Waals surface area contributed by atoms with Crippen molar-refractivity contribution in [1.29, 1.82) is 0 Å². The van der Waals surface area contributed by atoms with E-state index in [-0.39, 0.29) is 24.6 Å². The van der Waals surface area contributed by atoms with E-state index in [2.05, 4.69) is 0 Å². The highest BCUT2D eigenvalue weighted by Crippen LogP contribution is 2.30. The number of nitrogens with zero attached hydrogens (tertiary/aromatic N) is 1. The Morgan fingerprint density at radius 3 is 2.75 bits per heavy atom. The van der Waals surface area contributed by atoms with Crippen molar-refractivity contribution in [2.45, 2.75) is 19.1 Å². The van der Waals surface area contributed by atoms with Gasteiger partial charge in [0.05, 0.1) is 19.2 Å². The molecular weight excluding hydrogens is 325 g/mol. The molecule has 0 spiro atoms. The average Bonchev–Trinajstić information content (AvgIpc) is 3.10. The molecule has 0 bridgehead atoms. The Hall–Kier alpha value is -2.77. The first-order valence-corrected chi connectivity index (χ1v) is 7.15. The zero-order chi connectivity index (χ0) is 17.3. The molecule has 0 unspecified atom stereocenters. The lowest BCUT2D eigenvalue weighted by Gasteiger charge is -2.17. The number of carbonyl (C=O) groups excluding carboxylic acids is 2. The standard InChI is InChI=1S/C16H13F3N2O3/c17-16(18,19)9-20-15(23)14-11(5-6-24-14)8-21-12-4-2-1-3-10(12)7-13(21)22/h1-6H,7-9H2,(H,20,23). The summed E-state index contributed by atoms with van der Waals surface area (Å²) < 4.78 is 41.6. The lowest BCUT2D eigenvalue weighted by molar-refractivity contribution is -0.123. The van der Waals surface area contributed by atoms with Crippen molar-refractivity contribution >= 4 is 17.5 Å². The molecule has 5 nitrogen and oxygen atoms in total. The van der Waals surface area contributed by atoms with Gasteiger partial charge in [0.1, 0.15) is 6.54 Å². The highest BCUT2D eigenvalue weighted by molar-refractivity contribution is 6.01. The molecule has 1 aliphatic rings. The van der Waals surface area contributed by atoms with Crippen LogP contribution in [-0.4, -0.2) is 24.5 Å². The summed E-state index contributed by atoms with van der Waals surface area (Å²) in [5.74, 6) is -1.33. The second-order valence-electron chi connectivity index (χ2n) is 5.36. The zero-order valence-corrected chi connectivity index (χ0v) is 12.4. The van der Waals surface area contributed by atoms with E-state index in [4.69, 9.17) is 4.42 Å². The van der Waals surface area contributed by atoms with Crippen LogP contribution in [0.25, 0.3) is 0 Å². The molecular formula is C16H13F3N2O3. The van der Waals surface area contributed by atoms with Gasteiger partial charge in [-0.25, -0.2) is 0 Å². The summed E-state index contributed by atoms with van der Waals surface area (Å²) in [7, 11) is 0. The Kier molecular flexibility index (Phi) is 4.04. The zero-order valence-electron chi connectivity index (χ0n) is 12.4. The Bertz CT molecular complexity index is 783. The quantitative estimate of drug-likeness (QED) is 0.932. The number of hydrogen-bond donors (Lipinski definition) is 1. The molecule has 0 radical (unpaired) electrons. The third kappa shape index (κ3) is 3.27. The van der Waals surface area contributed by atoms with Crippen LogP contribution in [0.3, 0.4) is 0 Å². The molecule has 2 heterocycles. The molecule has 0 fully saturated rings. The fourth-order valence-corrected chi connectivity index (χ4v) is 2.58. The lowest BCUT2D eigenvalue weighted by Crippen LogP contribution is -2.34. The number of alkyl halides is 3. The fraction of sp³-hybridized carbons (Fsp3) is 0.250. The van der Waals surface area contributed by atoms with E-state index in [1.165, 1.54) is 17.2 Å². The van der Waals surface area contributed by atoms with Gasteiger partial charge in [0, 0.05) is 11.3 Å². The van der Waals surface area contributed by atoms with Crippen molar-refractivity contribution in [2.75, 3.05) is 11.4 Å². The third-order valence-corrected chi connectivity index (χ3v) is 3.66. The minimum atomic E-state index is -4.51. The van der Waals surface area contributed by atoms with Gasteiger partial charge in [0.15, 0.2) is 5.76 Å². The lowest BCUT2D eigenvalue weighted by atomic mass is 10.1. The normalized spacial score (nSPS) is 14.0. The van der Waals surface area contributed by atoms with Crippen LogP contribution in [-0.2, 0) is 17.8 Å². The molecule has 0 atom stereocenters. The predicted molar refractivity (Wildman–Crippen MR) is 78.4 cm³/mol. The van der Waals surface area contributed by atoms with E-state index in [0.29, 0.717) is 5.56 Å². The highest BCUT2D eigenvalue weighted by Gasteiger charge is 2.31. The summed E-state index contributed by atoms with van der Waals surface area (Å²) in [6.07, 6.45) is -3.04. The van der Waals surface area contributed by atoms with Gasteiger partial charge in [0.25, 0.3) is 5.91 Å². The van der Waals surface area contributed by atoms with Crippen LogP contribution in [0, 0.1) is 0 Å². The van der Waals surface area contributed by atoms with Crippen LogP contribution in [0.4, 0.5) is 18.9 Å². The number of hydrogen-bond acceptors (Lipinski definition) is 3. The summed E-state index contributed by atoms with van der Waals surface area (Å²) >= 11 is 0. The Labute approximate surface area is 135 Å². The molecule has 0 aliphatic carbocycles. The largest absolute Gasteiger partial charge is 0.459 e. The Morgan fingerprint density at radius 2 is 2.00 bits per heavy atom. The first kappa shape index (κ1) is 16.1. The van der Waals surface area contributed by atoms with Gasteiger partial charge in [-0.3, -0.25) is 9.59 Å². The number of carbonyl (C=O) groups is 2. The number of nitrogens with one attached hydrogen (secondary N) is 1. The maximum Gasteiger partial charge on any atom is 0.405 e. The summed E-state index contributed by atoms with van der Waals surface area (Å²) in [5, 5.41) is 1.76. The van der Waals surface area contributed by atoms with E-state index in [9.17, 15) is 22.8 Å². The molecule has 8 heteroatoms. The monoisotopic (exact) mass is 338 g/mol. The molecule has 1 aliphatic heterocycles. The van der Waals surface area contributed by atoms with Crippen LogP contribution in [0.15, 0.2) is 41.0 Å².